The van der Waals surface area contributed by atoms with Crippen molar-refractivity contribution < 1.29 is 19.1 Å². The second-order valence-corrected chi connectivity index (χ2v) is 5.70. The van der Waals surface area contributed by atoms with Crippen LogP contribution in [0.25, 0.3) is 0 Å². The second kappa shape index (κ2) is 8.39. The molecule has 2 rings (SSSR count). The zero-order chi connectivity index (χ0) is 18.4. The molecule has 132 valence electrons. The van der Waals surface area contributed by atoms with Crippen molar-refractivity contribution >= 4 is 29.1 Å². The van der Waals surface area contributed by atoms with Gasteiger partial charge in [-0.05, 0) is 48.9 Å². The molecule has 2 amide bonds. The number of amides is 2. The Labute approximate surface area is 151 Å². The molecule has 6 nitrogen and oxygen atoms in total. The lowest BCUT2D eigenvalue weighted by Crippen LogP contribution is -2.33. The van der Waals surface area contributed by atoms with Gasteiger partial charge in [0.05, 0.1) is 20.8 Å². The van der Waals surface area contributed by atoms with Crippen LogP contribution in [0.2, 0.25) is 5.02 Å². The van der Waals surface area contributed by atoms with E-state index in [0.29, 0.717) is 27.8 Å². The molecule has 2 aromatic carbocycles. The lowest BCUT2D eigenvalue weighted by atomic mass is 10.2. The standard InChI is InChI=1S/C18H19ClN2O4/c1-11-8-13(19)5-6-14(11)21-17(22)10-20-18(23)12-4-7-15(24-2)16(9-12)25-3/h4-9H,10H2,1-3H3,(H,20,23)(H,21,22). The average molecular weight is 363 g/mol. The molecular formula is C18H19ClN2O4. The number of methoxy groups -OCH3 is 2. The minimum absolute atomic E-state index is 0.157. The molecule has 7 heteroatoms. The van der Waals surface area contributed by atoms with Gasteiger partial charge in [0.25, 0.3) is 5.91 Å². The number of hydrogen-bond acceptors (Lipinski definition) is 4. The maximum atomic E-state index is 12.2. The van der Waals surface area contributed by atoms with E-state index in [1.807, 2.05) is 6.92 Å². The van der Waals surface area contributed by atoms with E-state index < -0.39 is 0 Å². The van der Waals surface area contributed by atoms with E-state index in [9.17, 15) is 9.59 Å². The van der Waals surface area contributed by atoms with Gasteiger partial charge in [-0.2, -0.15) is 0 Å². The first-order valence-electron chi connectivity index (χ1n) is 7.51. The van der Waals surface area contributed by atoms with Gasteiger partial charge in [-0.1, -0.05) is 11.6 Å². The molecule has 0 saturated carbocycles. The highest BCUT2D eigenvalue weighted by Crippen LogP contribution is 2.27. The number of rotatable bonds is 6. The number of nitrogens with one attached hydrogen (secondary N) is 2. The first kappa shape index (κ1) is 18.6. The molecule has 0 unspecified atom stereocenters. The van der Waals surface area contributed by atoms with Crippen LogP contribution in [0.1, 0.15) is 15.9 Å². The molecule has 0 aliphatic heterocycles. The molecule has 2 aromatic rings. The molecule has 0 saturated heterocycles. The van der Waals surface area contributed by atoms with Crippen molar-refractivity contribution in [2.75, 3.05) is 26.1 Å². The summed E-state index contributed by atoms with van der Waals surface area (Å²) < 4.78 is 10.3. The van der Waals surface area contributed by atoms with E-state index >= 15 is 0 Å². The van der Waals surface area contributed by atoms with Gasteiger partial charge in [0.15, 0.2) is 11.5 Å². The molecule has 0 fully saturated rings. The van der Waals surface area contributed by atoms with Crippen LogP contribution in [0, 0.1) is 6.92 Å². The van der Waals surface area contributed by atoms with Gasteiger partial charge in [0.1, 0.15) is 0 Å². The van der Waals surface area contributed by atoms with Gasteiger partial charge >= 0.3 is 0 Å². The number of carbonyl (C=O) groups excluding carboxylic acids is 2. The van der Waals surface area contributed by atoms with E-state index in [0.717, 1.165) is 5.56 Å². The lowest BCUT2D eigenvalue weighted by molar-refractivity contribution is -0.115. The summed E-state index contributed by atoms with van der Waals surface area (Å²) in [6, 6.07) is 9.93. The molecule has 0 aliphatic rings. The van der Waals surface area contributed by atoms with Gasteiger partial charge in [-0.15, -0.1) is 0 Å². The molecule has 0 radical (unpaired) electrons. The number of halogens is 1. The van der Waals surface area contributed by atoms with Crippen molar-refractivity contribution in [3.05, 3.63) is 52.5 Å². The molecule has 0 heterocycles. The van der Waals surface area contributed by atoms with E-state index in [1.54, 1.807) is 36.4 Å². The predicted molar refractivity (Wildman–Crippen MR) is 96.7 cm³/mol. The molecule has 2 N–H and O–H groups in total. The van der Waals surface area contributed by atoms with Crippen LogP contribution >= 0.6 is 11.6 Å². The molecule has 0 atom stereocenters. The number of ether oxygens (including phenoxy) is 2. The Balaban J connectivity index is 1.96. The summed E-state index contributed by atoms with van der Waals surface area (Å²) >= 11 is 5.88. The lowest BCUT2D eigenvalue weighted by Gasteiger charge is -2.11. The topological polar surface area (TPSA) is 76.7 Å². The van der Waals surface area contributed by atoms with Crippen molar-refractivity contribution in [3.8, 4) is 11.5 Å². The maximum absolute atomic E-state index is 12.2. The third-order valence-electron chi connectivity index (χ3n) is 3.52. The summed E-state index contributed by atoms with van der Waals surface area (Å²) in [6.07, 6.45) is 0. The van der Waals surface area contributed by atoms with Gasteiger partial charge in [-0.25, -0.2) is 0 Å². The smallest absolute Gasteiger partial charge is 0.251 e. The quantitative estimate of drug-likeness (QED) is 0.828. The number of benzene rings is 2. The van der Waals surface area contributed by atoms with Gasteiger partial charge in [0, 0.05) is 16.3 Å². The van der Waals surface area contributed by atoms with Gasteiger partial charge < -0.3 is 20.1 Å². The summed E-state index contributed by atoms with van der Waals surface area (Å²) in [4.78, 5) is 24.2. The Hall–Kier alpha value is -2.73. The van der Waals surface area contributed by atoms with E-state index in [-0.39, 0.29) is 18.4 Å². The minimum Gasteiger partial charge on any atom is -0.493 e. The van der Waals surface area contributed by atoms with Gasteiger partial charge in [0.2, 0.25) is 5.91 Å². The highest BCUT2D eigenvalue weighted by molar-refractivity contribution is 6.30. The first-order chi connectivity index (χ1) is 11.9. The summed E-state index contributed by atoms with van der Waals surface area (Å²) in [5.41, 5.74) is 1.86. The highest BCUT2D eigenvalue weighted by atomic mass is 35.5. The number of aryl methyl sites for hydroxylation is 1. The Morgan fingerprint density at radius 1 is 1.04 bits per heavy atom. The normalized spacial score (nSPS) is 10.1. The number of anilines is 1. The van der Waals surface area contributed by atoms with Crippen LogP contribution in [-0.2, 0) is 4.79 Å². The SMILES string of the molecule is COc1ccc(C(=O)NCC(=O)Nc2ccc(Cl)cc2C)cc1OC. The Kier molecular flexibility index (Phi) is 6.25. The third-order valence-corrected chi connectivity index (χ3v) is 3.75. The van der Waals surface area contributed by atoms with E-state index in [2.05, 4.69) is 10.6 Å². The van der Waals surface area contributed by atoms with Crippen LogP contribution in [0.4, 0.5) is 5.69 Å². The summed E-state index contributed by atoms with van der Waals surface area (Å²) in [7, 11) is 3.00. The summed E-state index contributed by atoms with van der Waals surface area (Å²) in [5.74, 6) is 0.245. The van der Waals surface area contributed by atoms with E-state index in [4.69, 9.17) is 21.1 Å². The predicted octanol–water partition coefficient (Wildman–Crippen LogP) is 3.03. The molecular weight excluding hydrogens is 344 g/mol. The van der Waals surface area contributed by atoms with Crippen LogP contribution in [0.5, 0.6) is 11.5 Å². The second-order valence-electron chi connectivity index (χ2n) is 5.26. The summed E-state index contributed by atoms with van der Waals surface area (Å²) in [6.45, 7) is 1.68. The zero-order valence-electron chi connectivity index (χ0n) is 14.2. The number of hydrogen-bond donors (Lipinski definition) is 2. The molecule has 0 aliphatic carbocycles. The monoisotopic (exact) mass is 362 g/mol. The van der Waals surface area contributed by atoms with Crippen LogP contribution in [-0.4, -0.2) is 32.6 Å². The Morgan fingerprint density at radius 2 is 1.76 bits per heavy atom. The maximum Gasteiger partial charge on any atom is 0.251 e. The van der Waals surface area contributed by atoms with Crippen LogP contribution < -0.4 is 20.1 Å². The first-order valence-corrected chi connectivity index (χ1v) is 7.88. The zero-order valence-corrected chi connectivity index (χ0v) is 14.9. The highest BCUT2D eigenvalue weighted by Gasteiger charge is 2.12. The van der Waals surface area contributed by atoms with E-state index in [1.165, 1.54) is 14.2 Å². The molecule has 0 aromatic heterocycles. The Morgan fingerprint density at radius 3 is 2.40 bits per heavy atom. The number of carbonyl (C=O) groups is 2. The fourth-order valence-corrected chi connectivity index (χ4v) is 2.43. The fourth-order valence-electron chi connectivity index (χ4n) is 2.20. The van der Waals surface area contributed by atoms with Crippen molar-refractivity contribution in [1.82, 2.24) is 5.32 Å². The summed E-state index contributed by atoms with van der Waals surface area (Å²) in [5, 5.41) is 5.89. The minimum atomic E-state index is -0.385. The largest absolute Gasteiger partial charge is 0.493 e. The van der Waals surface area contributed by atoms with Crippen LogP contribution in [0.15, 0.2) is 36.4 Å². The van der Waals surface area contributed by atoms with Crippen molar-refractivity contribution in [2.24, 2.45) is 0 Å². The molecule has 0 spiro atoms. The fraction of sp³-hybridized carbons (Fsp3) is 0.222. The molecule has 0 bridgehead atoms. The van der Waals surface area contributed by atoms with Crippen molar-refractivity contribution in [2.45, 2.75) is 6.92 Å². The van der Waals surface area contributed by atoms with Gasteiger partial charge in [-0.3, -0.25) is 9.59 Å². The average Bonchev–Trinajstić information content (AvgIpc) is 2.61. The van der Waals surface area contributed by atoms with Crippen molar-refractivity contribution in [1.29, 1.82) is 0 Å². The third kappa shape index (κ3) is 4.87. The Bertz CT molecular complexity index is 793. The molecule has 25 heavy (non-hydrogen) atoms. The van der Waals surface area contributed by atoms with Crippen LogP contribution in [0.3, 0.4) is 0 Å². The van der Waals surface area contributed by atoms with Crippen molar-refractivity contribution in [3.63, 3.8) is 0 Å².